The van der Waals surface area contributed by atoms with Crippen molar-refractivity contribution in [2.45, 2.75) is 25.4 Å². The van der Waals surface area contributed by atoms with Gasteiger partial charge >= 0.3 is 5.97 Å². The number of ether oxygens (including phenoxy) is 1. The van der Waals surface area contributed by atoms with Crippen LogP contribution < -0.4 is 11.5 Å². The van der Waals surface area contributed by atoms with E-state index in [1.165, 1.54) is 7.11 Å². The lowest BCUT2D eigenvalue weighted by Gasteiger charge is -2.14. The summed E-state index contributed by atoms with van der Waals surface area (Å²) in [6.07, 6.45) is 0.677. The standard InChI is InChI=1S/C6H14N2O2/c1-3-4(7)5(8)6(9)10-2/h4-5H,3,7-8H2,1-2H3/t4-,5+/m0/s1. The Kier molecular flexibility index (Phi) is 3.99. The summed E-state index contributed by atoms with van der Waals surface area (Å²) in [4.78, 5) is 10.7. The molecule has 0 unspecified atom stereocenters. The van der Waals surface area contributed by atoms with Gasteiger partial charge in [-0.1, -0.05) is 6.92 Å². The van der Waals surface area contributed by atoms with Gasteiger partial charge in [0.25, 0.3) is 0 Å². The maximum absolute atomic E-state index is 10.7. The molecule has 4 heteroatoms. The number of methoxy groups -OCH3 is 1. The summed E-state index contributed by atoms with van der Waals surface area (Å²) in [5.41, 5.74) is 10.8. The average molecular weight is 146 g/mol. The molecular weight excluding hydrogens is 132 g/mol. The molecule has 0 aliphatic heterocycles. The van der Waals surface area contributed by atoms with E-state index < -0.39 is 12.0 Å². The molecule has 4 N–H and O–H groups in total. The number of carbonyl (C=O) groups excluding carboxylic acids is 1. The van der Waals surface area contributed by atoms with Gasteiger partial charge in [0.15, 0.2) is 0 Å². The predicted molar refractivity (Wildman–Crippen MR) is 38.3 cm³/mol. The molecule has 0 rings (SSSR count). The molecule has 10 heavy (non-hydrogen) atoms. The number of nitrogens with two attached hydrogens (primary N) is 2. The normalized spacial score (nSPS) is 16.0. The molecule has 4 nitrogen and oxygen atoms in total. The second-order valence-corrected chi connectivity index (χ2v) is 2.12. The highest BCUT2D eigenvalue weighted by atomic mass is 16.5. The first-order valence-electron chi connectivity index (χ1n) is 3.22. The fourth-order valence-electron chi connectivity index (χ4n) is 0.565. The van der Waals surface area contributed by atoms with E-state index in [9.17, 15) is 4.79 Å². The Morgan fingerprint density at radius 3 is 2.40 bits per heavy atom. The summed E-state index contributed by atoms with van der Waals surface area (Å²) < 4.78 is 4.39. The summed E-state index contributed by atoms with van der Waals surface area (Å²) in [6, 6.07) is -0.984. The van der Waals surface area contributed by atoms with Gasteiger partial charge < -0.3 is 16.2 Å². The van der Waals surface area contributed by atoms with Crippen LogP contribution in [0.15, 0.2) is 0 Å². The smallest absolute Gasteiger partial charge is 0.324 e. The van der Waals surface area contributed by atoms with Gasteiger partial charge in [-0.2, -0.15) is 0 Å². The Morgan fingerprint density at radius 1 is 1.60 bits per heavy atom. The Balaban J connectivity index is 3.81. The summed E-state index contributed by atoms with van der Waals surface area (Å²) in [7, 11) is 1.30. The van der Waals surface area contributed by atoms with E-state index in [4.69, 9.17) is 11.5 Å². The molecule has 2 atom stereocenters. The molecular formula is C6H14N2O2. The highest BCUT2D eigenvalue weighted by Gasteiger charge is 2.19. The van der Waals surface area contributed by atoms with Crippen molar-refractivity contribution < 1.29 is 9.53 Å². The van der Waals surface area contributed by atoms with Crippen molar-refractivity contribution in [3.05, 3.63) is 0 Å². The van der Waals surface area contributed by atoms with E-state index in [2.05, 4.69) is 4.74 Å². The molecule has 0 saturated heterocycles. The number of hydrogen-bond donors (Lipinski definition) is 2. The number of hydrogen-bond acceptors (Lipinski definition) is 4. The zero-order valence-electron chi connectivity index (χ0n) is 6.33. The van der Waals surface area contributed by atoms with Crippen LogP contribution in [-0.2, 0) is 9.53 Å². The highest BCUT2D eigenvalue weighted by molar-refractivity contribution is 5.76. The van der Waals surface area contributed by atoms with Gasteiger partial charge in [0.1, 0.15) is 6.04 Å². The molecule has 0 aromatic carbocycles. The zero-order valence-corrected chi connectivity index (χ0v) is 6.33. The van der Waals surface area contributed by atoms with Crippen LogP contribution in [0.3, 0.4) is 0 Å². The third kappa shape index (κ3) is 2.33. The lowest BCUT2D eigenvalue weighted by Crippen LogP contribution is -2.47. The summed E-state index contributed by atoms with van der Waals surface area (Å²) in [6.45, 7) is 1.87. The summed E-state index contributed by atoms with van der Waals surface area (Å²) in [5, 5.41) is 0. The Morgan fingerprint density at radius 2 is 2.10 bits per heavy atom. The van der Waals surface area contributed by atoms with Crippen LogP contribution in [0, 0.1) is 0 Å². The van der Waals surface area contributed by atoms with Gasteiger partial charge in [-0.25, -0.2) is 0 Å². The van der Waals surface area contributed by atoms with Crippen LogP contribution in [0.4, 0.5) is 0 Å². The highest BCUT2D eigenvalue weighted by Crippen LogP contribution is 1.93. The molecule has 0 amide bonds. The Labute approximate surface area is 60.5 Å². The van der Waals surface area contributed by atoms with Crippen LogP contribution in [0.5, 0.6) is 0 Å². The molecule has 0 aliphatic rings. The largest absolute Gasteiger partial charge is 0.468 e. The quantitative estimate of drug-likeness (QED) is 0.512. The van der Waals surface area contributed by atoms with Gasteiger partial charge in [0.05, 0.1) is 7.11 Å². The third-order valence-electron chi connectivity index (χ3n) is 1.41. The molecule has 0 aromatic rings. The SMILES string of the molecule is CC[C@H](N)[C@@H](N)C(=O)OC. The lowest BCUT2D eigenvalue weighted by atomic mass is 10.1. The van der Waals surface area contributed by atoms with Crippen molar-refractivity contribution in [1.82, 2.24) is 0 Å². The molecule has 0 spiro atoms. The van der Waals surface area contributed by atoms with Gasteiger partial charge in [0.2, 0.25) is 0 Å². The minimum Gasteiger partial charge on any atom is -0.468 e. The van der Waals surface area contributed by atoms with E-state index in [0.717, 1.165) is 0 Å². The zero-order chi connectivity index (χ0) is 8.15. The Bertz CT molecular complexity index is 116. The molecule has 60 valence electrons. The second kappa shape index (κ2) is 4.24. The van der Waals surface area contributed by atoms with Crippen molar-refractivity contribution in [3.63, 3.8) is 0 Å². The van der Waals surface area contributed by atoms with E-state index in [1.807, 2.05) is 6.92 Å². The average Bonchev–Trinajstić information content (AvgIpc) is 2.00. The number of rotatable bonds is 3. The van der Waals surface area contributed by atoms with Crippen LogP contribution in [0.1, 0.15) is 13.3 Å². The third-order valence-corrected chi connectivity index (χ3v) is 1.41. The fraction of sp³-hybridized carbons (Fsp3) is 0.833. The molecule has 0 bridgehead atoms. The van der Waals surface area contributed by atoms with Crippen molar-refractivity contribution >= 4 is 5.97 Å². The van der Waals surface area contributed by atoms with E-state index in [0.29, 0.717) is 6.42 Å². The molecule has 0 saturated carbocycles. The first-order chi connectivity index (χ1) is 4.63. The first-order valence-corrected chi connectivity index (χ1v) is 3.22. The molecule has 0 radical (unpaired) electrons. The molecule has 0 aliphatic carbocycles. The maximum Gasteiger partial charge on any atom is 0.324 e. The monoisotopic (exact) mass is 146 g/mol. The van der Waals surface area contributed by atoms with E-state index in [1.54, 1.807) is 0 Å². The molecule has 0 aromatic heterocycles. The van der Waals surface area contributed by atoms with Gasteiger partial charge in [-0.3, -0.25) is 4.79 Å². The fourth-order valence-corrected chi connectivity index (χ4v) is 0.565. The van der Waals surface area contributed by atoms with Crippen LogP contribution in [0.2, 0.25) is 0 Å². The topological polar surface area (TPSA) is 78.3 Å². The maximum atomic E-state index is 10.7. The molecule has 0 heterocycles. The van der Waals surface area contributed by atoms with Gasteiger partial charge in [-0.15, -0.1) is 0 Å². The summed E-state index contributed by atoms with van der Waals surface area (Å²) >= 11 is 0. The van der Waals surface area contributed by atoms with E-state index >= 15 is 0 Å². The van der Waals surface area contributed by atoms with Crippen molar-refractivity contribution in [1.29, 1.82) is 0 Å². The van der Waals surface area contributed by atoms with Crippen LogP contribution in [-0.4, -0.2) is 25.2 Å². The van der Waals surface area contributed by atoms with Crippen LogP contribution >= 0.6 is 0 Å². The van der Waals surface area contributed by atoms with Gasteiger partial charge in [-0.05, 0) is 6.42 Å². The Hall–Kier alpha value is -0.610. The number of carbonyl (C=O) groups is 1. The van der Waals surface area contributed by atoms with E-state index in [-0.39, 0.29) is 6.04 Å². The van der Waals surface area contributed by atoms with Crippen molar-refractivity contribution in [3.8, 4) is 0 Å². The molecule has 0 fully saturated rings. The van der Waals surface area contributed by atoms with Crippen LogP contribution in [0.25, 0.3) is 0 Å². The minimum atomic E-state index is -0.685. The van der Waals surface area contributed by atoms with Gasteiger partial charge in [0, 0.05) is 6.04 Å². The number of esters is 1. The van der Waals surface area contributed by atoms with Crippen molar-refractivity contribution in [2.75, 3.05) is 7.11 Å². The first kappa shape index (κ1) is 9.39. The summed E-state index contributed by atoms with van der Waals surface area (Å²) in [5.74, 6) is -0.450. The minimum absolute atomic E-state index is 0.299. The second-order valence-electron chi connectivity index (χ2n) is 2.12. The predicted octanol–water partition coefficient (Wildman–Crippen LogP) is -0.776. The van der Waals surface area contributed by atoms with Crippen molar-refractivity contribution in [2.24, 2.45) is 11.5 Å². The lowest BCUT2D eigenvalue weighted by molar-refractivity contribution is -0.142.